The van der Waals surface area contributed by atoms with Gasteiger partial charge in [0.25, 0.3) is 5.56 Å². The average molecular weight is 293 g/mol. The van der Waals surface area contributed by atoms with Gasteiger partial charge in [-0.05, 0) is 18.1 Å². The minimum Gasteiger partial charge on any atom is -0.268 e. The molecule has 4 heteroatoms. The summed E-state index contributed by atoms with van der Waals surface area (Å²) in [7, 11) is 0. The highest BCUT2D eigenvalue weighted by molar-refractivity contribution is 9.08. The van der Waals surface area contributed by atoms with Gasteiger partial charge in [-0.25, -0.2) is 5.10 Å². The van der Waals surface area contributed by atoms with Crippen molar-refractivity contribution in [3.8, 4) is 11.3 Å². The van der Waals surface area contributed by atoms with E-state index in [1.54, 1.807) is 0 Å². The van der Waals surface area contributed by atoms with Crippen LogP contribution < -0.4 is 5.56 Å². The van der Waals surface area contributed by atoms with Gasteiger partial charge >= 0.3 is 0 Å². The van der Waals surface area contributed by atoms with E-state index in [1.807, 2.05) is 18.2 Å². The molecule has 0 amide bonds. The summed E-state index contributed by atoms with van der Waals surface area (Å²) in [6.45, 7) is 2.12. The van der Waals surface area contributed by atoms with Gasteiger partial charge in [-0.2, -0.15) is 5.10 Å². The summed E-state index contributed by atoms with van der Waals surface area (Å²) in [4.78, 5) is 11.4. The van der Waals surface area contributed by atoms with Crippen LogP contribution in [0.15, 0.2) is 35.1 Å². The van der Waals surface area contributed by atoms with Crippen molar-refractivity contribution in [3.63, 3.8) is 0 Å². The van der Waals surface area contributed by atoms with Gasteiger partial charge in [0.1, 0.15) is 0 Å². The Hall–Kier alpha value is -1.42. The lowest BCUT2D eigenvalue weighted by Gasteiger charge is -2.03. The quantitative estimate of drug-likeness (QED) is 0.884. The van der Waals surface area contributed by atoms with E-state index in [0.717, 1.165) is 17.7 Å². The first-order chi connectivity index (χ1) is 8.24. The summed E-state index contributed by atoms with van der Waals surface area (Å²) in [6, 6.07) is 10.0. The highest BCUT2D eigenvalue weighted by Crippen LogP contribution is 2.17. The number of nitrogens with zero attached hydrogens (tertiary/aromatic N) is 1. The number of alkyl halides is 1. The van der Waals surface area contributed by atoms with Crippen LogP contribution in [0.4, 0.5) is 0 Å². The van der Waals surface area contributed by atoms with Crippen LogP contribution in [0.3, 0.4) is 0 Å². The molecule has 0 aliphatic rings. The molecule has 2 aromatic rings. The van der Waals surface area contributed by atoms with Crippen molar-refractivity contribution in [1.82, 2.24) is 10.2 Å². The van der Waals surface area contributed by atoms with Gasteiger partial charge in [-0.1, -0.05) is 47.1 Å². The molecule has 0 atom stereocenters. The molecule has 0 saturated carbocycles. The molecule has 0 spiro atoms. The molecule has 3 nitrogen and oxygen atoms in total. The van der Waals surface area contributed by atoms with Gasteiger partial charge in [0.2, 0.25) is 0 Å². The van der Waals surface area contributed by atoms with Crippen molar-refractivity contribution in [2.24, 2.45) is 0 Å². The van der Waals surface area contributed by atoms with Crippen LogP contribution >= 0.6 is 15.9 Å². The number of benzene rings is 1. The maximum absolute atomic E-state index is 11.4. The summed E-state index contributed by atoms with van der Waals surface area (Å²) < 4.78 is 0. The molecule has 17 heavy (non-hydrogen) atoms. The molecule has 0 unspecified atom stereocenters. The van der Waals surface area contributed by atoms with E-state index in [-0.39, 0.29) is 5.56 Å². The van der Waals surface area contributed by atoms with E-state index < -0.39 is 0 Å². The highest BCUT2D eigenvalue weighted by atomic mass is 79.9. The monoisotopic (exact) mass is 292 g/mol. The van der Waals surface area contributed by atoms with E-state index in [2.05, 4.69) is 45.2 Å². The molecule has 1 heterocycles. The molecule has 88 valence electrons. The molecule has 0 radical (unpaired) electrons. The van der Waals surface area contributed by atoms with Gasteiger partial charge in [0.15, 0.2) is 0 Å². The summed E-state index contributed by atoms with van der Waals surface area (Å²) >= 11 is 3.29. The van der Waals surface area contributed by atoms with Crippen LogP contribution in [-0.2, 0) is 11.8 Å². The number of rotatable bonds is 3. The van der Waals surface area contributed by atoms with Crippen molar-refractivity contribution >= 4 is 15.9 Å². The molecule has 1 N–H and O–H groups in total. The largest absolute Gasteiger partial charge is 0.268 e. The Morgan fingerprint density at radius 3 is 2.59 bits per heavy atom. The van der Waals surface area contributed by atoms with E-state index in [9.17, 15) is 4.79 Å². The fourth-order valence-electron chi connectivity index (χ4n) is 1.60. The Balaban J connectivity index is 2.42. The second-order valence-corrected chi connectivity index (χ2v) is 4.35. The number of hydrogen-bond donors (Lipinski definition) is 1. The topological polar surface area (TPSA) is 45.8 Å². The number of halogens is 1. The molecular formula is C13H13BrN2O. The Morgan fingerprint density at radius 2 is 2.00 bits per heavy atom. The van der Waals surface area contributed by atoms with E-state index >= 15 is 0 Å². The lowest BCUT2D eigenvalue weighted by Crippen LogP contribution is -2.13. The molecule has 0 aliphatic heterocycles. The van der Waals surface area contributed by atoms with E-state index in [4.69, 9.17) is 0 Å². The number of H-pyrrole nitrogens is 1. The van der Waals surface area contributed by atoms with Crippen molar-refractivity contribution < 1.29 is 0 Å². The lowest BCUT2D eigenvalue weighted by atomic mass is 10.1. The van der Waals surface area contributed by atoms with Crippen LogP contribution in [0.2, 0.25) is 0 Å². The Kier molecular flexibility index (Phi) is 3.74. The van der Waals surface area contributed by atoms with Crippen molar-refractivity contribution in [2.45, 2.75) is 18.7 Å². The third-order valence-corrected chi connectivity index (χ3v) is 3.29. The standard InChI is InChI=1S/C13H13BrN2O/c1-2-9-3-5-10(6-4-9)12-7-11(8-14)13(17)16-15-12/h3-7H,2,8H2,1H3,(H,16,17). The third-order valence-electron chi connectivity index (χ3n) is 2.68. The molecule has 0 aliphatic carbocycles. The predicted molar refractivity (Wildman–Crippen MR) is 72.3 cm³/mol. The summed E-state index contributed by atoms with van der Waals surface area (Å²) in [5.74, 6) is 0. The van der Waals surface area contributed by atoms with Crippen molar-refractivity contribution in [2.75, 3.05) is 0 Å². The van der Waals surface area contributed by atoms with E-state index in [1.165, 1.54) is 5.56 Å². The van der Waals surface area contributed by atoms with Crippen LogP contribution in [-0.4, -0.2) is 10.2 Å². The van der Waals surface area contributed by atoms with Gasteiger partial charge in [0.05, 0.1) is 5.69 Å². The van der Waals surface area contributed by atoms with Crippen LogP contribution in [0.25, 0.3) is 11.3 Å². The fraction of sp³-hybridized carbons (Fsp3) is 0.231. The smallest absolute Gasteiger partial charge is 0.268 e. The second-order valence-electron chi connectivity index (χ2n) is 3.79. The molecule has 2 rings (SSSR count). The SMILES string of the molecule is CCc1ccc(-c2cc(CBr)c(=O)[nH]n2)cc1. The number of aromatic amines is 1. The summed E-state index contributed by atoms with van der Waals surface area (Å²) in [5, 5.41) is 7.10. The number of nitrogens with one attached hydrogen (secondary N) is 1. The zero-order valence-corrected chi connectivity index (χ0v) is 11.1. The van der Waals surface area contributed by atoms with Gasteiger partial charge in [-0.3, -0.25) is 4.79 Å². The number of aromatic nitrogens is 2. The first kappa shape index (κ1) is 12.0. The minimum absolute atomic E-state index is 0.143. The van der Waals surface area contributed by atoms with E-state index in [0.29, 0.717) is 10.9 Å². The molecule has 0 saturated heterocycles. The Bertz CT molecular complexity index is 560. The third kappa shape index (κ3) is 2.64. The zero-order chi connectivity index (χ0) is 12.3. The molecular weight excluding hydrogens is 280 g/mol. The van der Waals surface area contributed by atoms with Crippen LogP contribution in [0.1, 0.15) is 18.1 Å². The number of hydrogen-bond acceptors (Lipinski definition) is 2. The van der Waals surface area contributed by atoms with Gasteiger partial charge in [0, 0.05) is 16.5 Å². The second kappa shape index (κ2) is 5.27. The lowest BCUT2D eigenvalue weighted by molar-refractivity contribution is 0.973. The summed E-state index contributed by atoms with van der Waals surface area (Å²) in [5.41, 5.74) is 3.65. The average Bonchev–Trinajstić information content (AvgIpc) is 2.39. The highest BCUT2D eigenvalue weighted by Gasteiger charge is 2.04. The van der Waals surface area contributed by atoms with Crippen LogP contribution in [0.5, 0.6) is 0 Å². The minimum atomic E-state index is -0.143. The molecule has 0 bridgehead atoms. The molecule has 1 aromatic carbocycles. The van der Waals surface area contributed by atoms with Crippen molar-refractivity contribution in [3.05, 3.63) is 51.8 Å². The first-order valence-corrected chi connectivity index (χ1v) is 6.60. The Morgan fingerprint density at radius 1 is 1.29 bits per heavy atom. The number of aryl methyl sites for hydroxylation is 1. The molecule has 1 aromatic heterocycles. The Labute approximate surface area is 108 Å². The maximum atomic E-state index is 11.4. The zero-order valence-electron chi connectivity index (χ0n) is 9.53. The van der Waals surface area contributed by atoms with Gasteiger partial charge < -0.3 is 0 Å². The van der Waals surface area contributed by atoms with Crippen molar-refractivity contribution in [1.29, 1.82) is 0 Å². The molecule has 0 fully saturated rings. The summed E-state index contributed by atoms with van der Waals surface area (Å²) in [6.07, 6.45) is 1.02. The van der Waals surface area contributed by atoms with Gasteiger partial charge in [-0.15, -0.1) is 0 Å². The predicted octanol–water partition coefficient (Wildman–Crippen LogP) is 2.89. The van der Waals surface area contributed by atoms with Crippen LogP contribution in [0, 0.1) is 0 Å². The fourth-order valence-corrected chi connectivity index (χ4v) is 2.02. The maximum Gasteiger partial charge on any atom is 0.268 e. The normalized spacial score (nSPS) is 10.5. The first-order valence-electron chi connectivity index (χ1n) is 5.48.